The van der Waals surface area contributed by atoms with E-state index in [1.165, 1.54) is 0 Å². The van der Waals surface area contributed by atoms with Gasteiger partial charge in [-0.25, -0.2) is 4.79 Å². The highest BCUT2D eigenvalue weighted by Crippen LogP contribution is 2.27. The first-order chi connectivity index (χ1) is 11.9. The van der Waals surface area contributed by atoms with E-state index in [1.54, 1.807) is 11.8 Å². The number of aliphatic carboxylic acids is 1. The van der Waals surface area contributed by atoms with Gasteiger partial charge < -0.3 is 15.7 Å². The maximum Gasteiger partial charge on any atom is 0.317 e. The van der Waals surface area contributed by atoms with Crippen molar-refractivity contribution in [3.05, 3.63) is 29.8 Å². The molecule has 6 nitrogen and oxygen atoms in total. The zero-order valence-corrected chi connectivity index (χ0v) is 15.8. The van der Waals surface area contributed by atoms with E-state index in [4.69, 9.17) is 5.11 Å². The number of carbonyl (C=O) groups excluding carboxylic acids is 1. The van der Waals surface area contributed by atoms with Gasteiger partial charge in [-0.05, 0) is 44.2 Å². The number of rotatable bonds is 8. The lowest BCUT2D eigenvalue weighted by Gasteiger charge is -2.42. The van der Waals surface area contributed by atoms with Gasteiger partial charge in [-0.1, -0.05) is 25.1 Å². The number of carbonyl (C=O) groups is 2. The number of nitrogens with one attached hydrogen (secondary N) is 2. The van der Waals surface area contributed by atoms with Crippen molar-refractivity contribution in [2.45, 2.75) is 49.7 Å². The fraction of sp³-hybridized carbons (Fsp3) is 0.556. The summed E-state index contributed by atoms with van der Waals surface area (Å²) in [5, 5.41) is 14.9. The molecule has 0 saturated heterocycles. The van der Waals surface area contributed by atoms with Crippen LogP contribution >= 0.6 is 11.8 Å². The van der Waals surface area contributed by atoms with E-state index < -0.39 is 5.97 Å². The molecule has 1 aromatic rings. The van der Waals surface area contributed by atoms with Gasteiger partial charge in [-0.2, -0.15) is 0 Å². The Morgan fingerprint density at radius 3 is 2.64 bits per heavy atom. The van der Waals surface area contributed by atoms with Gasteiger partial charge in [0.2, 0.25) is 0 Å². The highest BCUT2D eigenvalue weighted by Gasteiger charge is 2.34. The number of amides is 2. The van der Waals surface area contributed by atoms with Crippen LogP contribution in [-0.4, -0.2) is 53.4 Å². The van der Waals surface area contributed by atoms with Crippen molar-refractivity contribution in [2.75, 3.05) is 19.3 Å². The molecule has 1 aliphatic rings. The summed E-state index contributed by atoms with van der Waals surface area (Å²) in [5.74, 6) is -0.808. The molecule has 25 heavy (non-hydrogen) atoms. The van der Waals surface area contributed by atoms with Gasteiger partial charge in [-0.15, -0.1) is 11.8 Å². The first-order valence-corrected chi connectivity index (χ1v) is 9.82. The number of hydrogen-bond acceptors (Lipinski definition) is 4. The molecule has 1 aromatic carbocycles. The predicted octanol–water partition coefficient (Wildman–Crippen LogP) is 2.71. The van der Waals surface area contributed by atoms with Crippen LogP contribution < -0.4 is 10.6 Å². The Hall–Kier alpha value is -1.73. The quantitative estimate of drug-likeness (QED) is 0.617. The summed E-state index contributed by atoms with van der Waals surface area (Å²) in [6.07, 6.45) is 3.62. The topological polar surface area (TPSA) is 81.7 Å². The lowest BCUT2D eigenvalue weighted by molar-refractivity contribution is -0.139. The lowest BCUT2D eigenvalue weighted by Crippen LogP contribution is -2.56. The zero-order valence-electron chi connectivity index (χ0n) is 15.0. The Labute approximate surface area is 153 Å². The second-order valence-electron chi connectivity index (χ2n) is 6.36. The van der Waals surface area contributed by atoms with Crippen LogP contribution in [0.3, 0.4) is 0 Å². The first kappa shape index (κ1) is 19.6. The number of nitrogens with zero attached hydrogens (tertiary/aromatic N) is 1. The summed E-state index contributed by atoms with van der Waals surface area (Å²) < 4.78 is 0. The molecular weight excluding hydrogens is 338 g/mol. The second-order valence-corrected chi connectivity index (χ2v) is 7.21. The van der Waals surface area contributed by atoms with Gasteiger partial charge in [0.1, 0.15) is 0 Å². The number of carboxylic acid groups (broad SMARTS) is 1. The maximum atomic E-state index is 12.2. The van der Waals surface area contributed by atoms with Crippen molar-refractivity contribution < 1.29 is 14.7 Å². The Balaban J connectivity index is 1.79. The molecule has 0 unspecified atom stereocenters. The standard InChI is InChI=1S/C18H27N3O3S/c1-4-21(11-17(22)23)14-9-13(10-14)20-18(24)19-12(2)15-7-5-6-8-16(15)25-3/h5-8,12-14H,4,9-11H2,1-3H3,(H,22,23)(H2,19,20,24)/t12-,13?,14?/m1/s1. The normalized spacial score (nSPS) is 20.6. The molecule has 2 amide bonds. The van der Waals surface area contributed by atoms with Gasteiger partial charge in [0.15, 0.2) is 0 Å². The molecule has 138 valence electrons. The molecule has 1 atom stereocenters. The molecule has 0 aromatic heterocycles. The number of thioether (sulfide) groups is 1. The molecule has 1 saturated carbocycles. The second kappa shape index (κ2) is 9.10. The van der Waals surface area contributed by atoms with Crippen LogP contribution in [0.4, 0.5) is 4.79 Å². The van der Waals surface area contributed by atoms with Crippen LogP contribution in [0, 0.1) is 0 Å². The van der Waals surface area contributed by atoms with Crippen LogP contribution in [-0.2, 0) is 4.79 Å². The van der Waals surface area contributed by atoms with Crippen LogP contribution in [0.15, 0.2) is 29.2 Å². The molecule has 0 radical (unpaired) electrons. The van der Waals surface area contributed by atoms with E-state index in [2.05, 4.69) is 10.6 Å². The van der Waals surface area contributed by atoms with E-state index >= 15 is 0 Å². The van der Waals surface area contributed by atoms with E-state index in [1.807, 2.05) is 49.3 Å². The van der Waals surface area contributed by atoms with Gasteiger partial charge in [-0.3, -0.25) is 9.69 Å². The molecular formula is C18H27N3O3S. The van der Waals surface area contributed by atoms with Crippen molar-refractivity contribution in [3.8, 4) is 0 Å². The Bertz CT molecular complexity index is 605. The molecule has 0 spiro atoms. The van der Waals surface area contributed by atoms with Gasteiger partial charge in [0.25, 0.3) is 0 Å². The predicted molar refractivity (Wildman–Crippen MR) is 100.0 cm³/mol. The molecule has 7 heteroatoms. The fourth-order valence-electron chi connectivity index (χ4n) is 3.20. The molecule has 3 N–H and O–H groups in total. The third-order valence-electron chi connectivity index (χ3n) is 4.66. The third kappa shape index (κ3) is 5.37. The van der Waals surface area contributed by atoms with Gasteiger partial charge in [0, 0.05) is 17.0 Å². The van der Waals surface area contributed by atoms with Crippen molar-refractivity contribution in [1.29, 1.82) is 0 Å². The Kier molecular flexibility index (Phi) is 7.13. The molecule has 0 bridgehead atoms. The smallest absolute Gasteiger partial charge is 0.317 e. The minimum atomic E-state index is -0.808. The van der Waals surface area contributed by atoms with Crippen LogP contribution in [0.1, 0.15) is 38.3 Å². The molecule has 0 aliphatic heterocycles. The summed E-state index contributed by atoms with van der Waals surface area (Å²) in [6, 6.07) is 8.15. The minimum absolute atomic E-state index is 0.0581. The summed E-state index contributed by atoms with van der Waals surface area (Å²) in [4.78, 5) is 26.2. The zero-order chi connectivity index (χ0) is 18.4. The van der Waals surface area contributed by atoms with Gasteiger partial charge in [0.05, 0.1) is 12.6 Å². The first-order valence-electron chi connectivity index (χ1n) is 8.60. The number of carboxylic acids is 1. The average molecular weight is 365 g/mol. The van der Waals surface area contributed by atoms with Gasteiger partial charge >= 0.3 is 12.0 Å². The SMILES string of the molecule is CCN(CC(=O)O)C1CC(NC(=O)N[C@H](C)c2ccccc2SC)C1. The minimum Gasteiger partial charge on any atom is -0.480 e. The molecule has 0 heterocycles. The largest absolute Gasteiger partial charge is 0.480 e. The summed E-state index contributed by atoms with van der Waals surface area (Å²) in [5.41, 5.74) is 1.11. The monoisotopic (exact) mass is 365 g/mol. The third-order valence-corrected chi connectivity index (χ3v) is 5.47. The fourth-order valence-corrected chi connectivity index (χ4v) is 3.90. The lowest BCUT2D eigenvalue weighted by atomic mass is 9.85. The number of benzene rings is 1. The highest BCUT2D eigenvalue weighted by atomic mass is 32.2. The molecule has 1 aliphatic carbocycles. The average Bonchev–Trinajstić information content (AvgIpc) is 2.55. The van der Waals surface area contributed by atoms with Crippen LogP contribution in [0.25, 0.3) is 0 Å². The van der Waals surface area contributed by atoms with Crippen molar-refractivity contribution in [1.82, 2.24) is 15.5 Å². The van der Waals surface area contributed by atoms with E-state index in [-0.39, 0.29) is 30.7 Å². The van der Waals surface area contributed by atoms with E-state index in [0.717, 1.165) is 23.3 Å². The Morgan fingerprint density at radius 2 is 2.04 bits per heavy atom. The summed E-state index contributed by atoms with van der Waals surface area (Å²) >= 11 is 1.67. The van der Waals surface area contributed by atoms with Crippen molar-refractivity contribution in [2.24, 2.45) is 0 Å². The number of urea groups is 1. The summed E-state index contributed by atoms with van der Waals surface area (Å²) in [7, 11) is 0. The number of likely N-dealkylation sites (N-methyl/N-ethyl adjacent to an activating group) is 1. The van der Waals surface area contributed by atoms with E-state index in [9.17, 15) is 9.59 Å². The van der Waals surface area contributed by atoms with Crippen molar-refractivity contribution >= 4 is 23.8 Å². The van der Waals surface area contributed by atoms with Crippen LogP contribution in [0.2, 0.25) is 0 Å². The Morgan fingerprint density at radius 1 is 1.36 bits per heavy atom. The highest BCUT2D eigenvalue weighted by molar-refractivity contribution is 7.98. The van der Waals surface area contributed by atoms with E-state index in [0.29, 0.717) is 6.54 Å². The molecule has 2 rings (SSSR count). The van der Waals surface area contributed by atoms with Crippen molar-refractivity contribution in [3.63, 3.8) is 0 Å². The maximum absolute atomic E-state index is 12.2. The number of hydrogen-bond donors (Lipinski definition) is 3. The molecule has 1 fully saturated rings. The summed E-state index contributed by atoms with van der Waals surface area (Å²) in [6.45, 7) is 4.70. The van der Waals surface area contributed by atoms with Crippen LogP contribution in [0.5, 0.6) is 0 Å².